The average Bonchev–Trinajstić information content (AvgIpc) is 1.65. The largest absolute Gasteiger partial charge is 0.493 e. The van der Waals surface area contributed by atoms with E-state index in [2.05, 4.69) is 20.6 Å². The molecule has 0 aromatic heterocycles. The molecule has 93 heavy (non-hydrogen) atoms. The number of aliphatic imine (C=N–C) groups is 2. The number of benzene rings is 4. The van der Waals surface area contributed by atoms with Gasteiger partial charge in [0.15, 0.2) is 0 Å². The maximum absolute atomic E-state index is 13.8. The lowest BCUT2D eigenvalue weighted by molar-refractivity contribution is -0.138. The van der Waals surface area contributed by atoms with Crippen molar-refractivity contribution in [1.82, 2.24) is 29.0 Å². The molecule has 0 radical (unpaired) electrons. The van der Waals surface area contributed by atoms with Crippen LogP contribution in [0.5, 0.6) is 11.5 Å². The van der Waals surface area contributed by atoms with Crippen LogP contribution in [0.3, 0.4) is 0 Å². The van der Waals surface area contributed by atoms with E-state index in [-0.39, 0.29) is 156 Å². The summed E-state index contributed by atoms with van der Waals surface area (Å²) in [6.45, 7) is 4.54. The van der Waals surface area contributed by atoms with Crippen molar-refractivity contribution < 1.29 is 82.0 Å². The molecule has 4 amide bonds. The van der Waals surface area contributed by atoms with E-state index in [4.69, 9.17) is 9.47 Å². The number of nitrogens with zero attached hydrogens (tertiary/aromatic N) is 6. The standard InChI is InChI=1S/C32H39F3N4O7S.C32H37F3N4O5S.CH4/c1-20-16-22-6-5-21(20)8-15-47(44,45)39-12-9-31(10-13-39)30(43)36-28(37-31)23-17-24(32(33,34)35)19-25(18-23)46-14-7-27(41)26(40)4-3-11-38(2)29(22)42;1-22-18-24-9-8-23(22)10-17-45(42,43)39-14-11-31(12-15-39)30(41)36-28(37-31)25-19-26(32(33,34)35)21-27(20-25)44-16-7-5-3-4-6-13-38(2)29(24)40;/h5-6,16-19,26-27,40-41H,3-4,7-15H2,1-2H3,(H,36,37,43);3,5,8-9,18-21H,4,6-7,10-17H2,1-2H3,(H,36,37,41);1H4. The van der Waals surface area contributed by atoms with Crippen LogP contribution in [0.1, 0.15) is 137 Å². The molecule has 506 valence electrons. The van der Waals surface area contributed by atoms with Crippen molar-refractivity contribution in [1.29, 1.82) is 0 Å². The van der Waals surface area contributed by atoms with Gasteiger partial charge in [0.25, 0.3) is 23.6 Å². The van der Waals surface area contributed by atoms with Gasteiger partial charge in [0.1, 0.15) is 34.2 Å². The van der Waals surface area contributed by atoms with Crippen molar-refractivity contribution in [3.05, 3.63) is 141 Å². The molecule has 2 atom stereocenters. The number of nitrogens with one attached hydrogen (secondary N) is 2. The third-order valence-electron chi connectivity index (χ3n) is 17.7. The number of piperidine rings is 2. The van der Waals surface area contributed by atoms with Gasteiger partial charge in [-0.1, -0.05) is 31.7 Å². The Hall–Kier alpha value is -7.24. The number of carbonyl (C=O) groups is 4. The highest BCUT2D eigenvalue weighted by molar-refractivity contribution is 7.89. The van der Waals surface area contributed by atoms with Gasteiger partial charge in [-0.05, 0) is 167 Å². The zero-order valence-corrected chi connectivity index (χ0v) is 53.2. The SMILES string of the molecule is C.Cc1cc2ccc1CCS(=O)(=O)N1CCC3(CC1)N=C(NC3=O)c1cc(cc(C(F)(F)F)c1)OCCC(O)C(O)CCCN(C)C2=O.Cc1cc2ccc1CCS(=O)(=O)N1CCC3(CC1)N=C(NC3=O)c1cc(cc(C(F)(F)F)c1)OCCC=CCCCN(C)C2=O. The van der Waals surface area contributed by atoms with Crippen LogP contribution >= 0.6 is 0 Å². The molecular weight excluding hydrogens is 1260 g/mol. The van der Waals surface area contributed by atoms with E-state index in [0.717, 1.165) is 52.9 Å². The number of aliphatic hydroxyl groups excluding tert-OH is 2. The third-order valence-corrected chi connectivity index (χ3v) is 21.4. The molecule has 28 heteroatoms. The number of allylic oxidation sites excluding steroid dienone is 1. The van der Waals surface area contributed by atoms with Gasteiger partial charge in [0, 0.05) is 82.0 Å². The molecular formula is C65H80F6N8O12S2. The van der Waals surface area contributed by atoms with Crippen LogP contribution in [-0.2, 0) is 54.8 Å². The Labute approximate surface area is 538 Å². The summed E-state index contributed by atoms with van der Waals surface area (Å²) in [5.41, 5.74) is -0.352. The number of amides is 4. The summed E-state index contributed by atoms with van der Waals surface area (Å²) in [5.74, 6) is -1.91. The number of carbonyl (C=O) groups excluding carboxylic acids is 4. The van der Waals surface area contributed by atoms with Crippen LogP contribution in [0.2, 0.25) is 0 Å². The summed E-state index contributed by atoms with van der Waals surface area (Å²) in [7, 11) is -4.04. The number of hydrogen-bond acceptors (Lipinski definition) is 14. The predicted molar refractivity (Wildman–Crippen MR) is 337 cm³/mol. The number of aryl methyl sites for hydroxylation is 4. The molecule has 20 nitrogen and oxygen atoms in total. The van der Waals surface area contributed by atoms with E-state index in [1.807, 2.05) is 19.1 Å². The molecule has 2 spiro atoms. The molecule has 0 saturated carbocycles. The second-order valence-corrected chi connectivity index (χ2v) is 28.4. The molecule has 2 unspecified atom stereocenters. The molecule has 2 fully saturated rings. The van der Waals surface area contributed by atoms with Crippen LogP contribution in [0, 0.1) is 13.8 Å². The minimum atomic E-state index is -4.74. The van der Waals surface area contributed by atoms with E-state index in [1.165, 1.54) is 25.6 Å². The third kappa shape index (κ3) is 17.2. The minimum Gasteiger partial charge on any atom is -0.493 e. The molecule has 4 aromatic carbocycles. The molecule has 4 N–H and O–H groups in total. The average molecular weight is 1340 g/mol. The van der Waals surface area contributed by atoms with Crippen molar-refractivity contribution in [2.75, 3.05) is 78.1 Å². The predicted octanol–water partition coefficient (Wildman–Crippen LogP) is 7.78. The van der Waals surface area contributed by atoms with Gasteiger partial charge in [0.05, 0.1) is 48.1 Å². The molecule has 10 aliphatic heterocycles. The van der Waals surface area contributed by atoms with Gasteiger partial charge in [-0.2, -0.15) is 26.3 Å². The van der Waals surface area contributed by atoms with E-state index in [9.17, 15) is 72.6 Å². The fourth-order valence-corrected chi connectivity index (χ4v) is 14.9. The normalized spacial score (nSPS) is 25.9. The minimum absolute atomic E-state index is 0. The first-order valence-corrected chi connectivity index (χ1v) is 33.8. The number of ether oxygens (including phenoxy) is 2. The first-order chi connectivity index (χ1) is 43.3. The Balaban J connectivity index is 0.000000237. The van der Waals surface area contributed by atoms with E-state index >= 15 is 0 Å². The smallest absolute Gasteiger partial charge is 0.416 e. The fraction of sp³-hybridized carbons (Fsp3) is 0.508. The van der Waals surface area contributed by atoms with Gasteiger partial charge < -0.3 is 40.1 Å². The van der Waals surface area contributed by atoms with Crippen molar-refractivity contribution in [2.45, 2.75) is 134 Å². The van der Waals surface area contributed by atoms with Crippen molar-refractivity contribution >= 4 is 55.3 Å². The first-order valence-electron chi connectivity index (χ1n) is 30.6. The zero-order chi connectivity index (χ0) is 66.6. The van der Waals surface area contributed by atoms with Crippen molar-refractivity contribution in [3.63, 3.8) is 0 Å². The Morgan fingerprint density at radius 1 is 0.538 bits per heavy atom. The van der Waals surface area contributed by atoms with E-state index in [0.29, 0.717) is 43.5 Å². The summed E-state index contributed by atoms with van der Waals surface area (Å²) in [5, 5.41) is 26.2. The zero-order valence-electron chi connectivity index (χ0n) is 51.5. The van der Waals surface area contributed by atoms with Crippen LogP contribution in [0.4, 0.5) is 26.3 Å². The van der Waals surface area contributed by atoms with Gasteiger partial charge in [-0.25, -0.2) is 25.4 Å². The number of amidine groups is 2. The van der Waals surface area contributed by atoms with Gasteiger partial charge in [0.2, 0.25) is 20.0 Å². The fourth-order valence-electron chi connectivity index (χ4n) is 12.0. The van der Waals surface area contributed by atoms with Crippen LogP contribution < -0.4 is 20.1 Å². The second-order valence-electron chi connectivity index (χ2n) is 24.2. The Bertz CT molecular complexity index is 3770. The number of halogens is 6. The number of aliphatic hydroxyl groups is 2. The number of rotatable bonds is 0. The monoisotopic (exact) mass is 1340 g/mol. The van der Waals surface area contributed by atoms with E-state index < -0.39 is 78.6 Å². The highest BCUT2D eigenvalue weighted by Crippen LogP contribution is 2.39. The number of hydrogen-bond donors (Lipinski definition) is 4. The van der Waals surface area contributed by atoms with Crippen LogP contribution in [-0.4, -0.2) is 182 Å². The molecule has 14 bridgehead atoms. The van der Waals surface area contributed by atoms with Crippen molar-refractivity contribution in [3.8, 4) is 11.5 Å². The molecule has 14 rings (SSSR count). The van der Waals surface area contributed by atoms with Gasteiger partial charge in [-0.15, -0.1) is 0 Å². The lowest BCUT2D eigenvalue weighted by Gasteiger charge is -2.34. The summed E-state index contributed by atoms with van der Waals surface area (Å²) >= 11 is 0. The number of alkyl halides is 6. The lowest BCUT2D eigenvalue weighted by Crippen LogP contribution is -2.50. The maximum Gasteiger partial charge on any atom is 0.416 e. The molecule has 10 aliphatic rings. The van der Waals surface area contributed by atoms with Crippen molar-refractivity contribution in [2.24, 2.45) is 9.98 Å². The molecule has 2 saturated heterocycles. The van der Waals surface area contributed by atoms with Crippen LogP contribution in [0.15, 0.2) is 94.9 Å². The van der Waals surface area contributed by atoms with Gasteiger partial charge in [-0.3, -0.25) is 29.2 Å². The maximum atomic E-state index is 13.8. The summed E-state index contributed by atoms with van der Waals surface area (Å²) < 4.78 is 150. The molecule has 10 heterocycles. The Morgan fingerprint density at radius 2 is 0.946 bits per heavy atom. The van der Waals surface area contributed by atoms with Gasteiger partial charge >= 0.3 is 12.4 Å². The highest BCUT2D eigenvalue weighted by atomic mass is 32.2. The lowest BCUT2D eigenvalue weighted by atomic mass is 9.89. The Morgan fingerprint density at radius 3 is 1.38 bits per heavy atom. The summed E-state index contributed by atoms with van der Waals surface area (Å²) in [6.07, 6.45) is -4.81. The number of fused-ring (bicyclic) bond motifs is 4. The first kappa shape index (κ1) is 71.6. The second kappa shape index (κ2) is 29.2. The summed E-state index contributed by atoms with van der Waals surface area (Å²) in [6, 6.07) is 16.6. The van der Waals surface area contributed by atoms with Crippen LogP contribution in [0.25, 0.3) is 0 Å². The van der Waals surface area contributed by atoms with E-state index in [1.54, 1.807) is 62.3 Å². The number of sulfonamides is 2. The topological polar surface area (TPSA) is 257 Å². The quantitative estimate of drug-likeness (QED) is 0.0973. The molecule has 4 aromatic rings. The summed E-state index contributed by atoms with van der Waals surface area (Å²) in [4.78, 5) is 64.5. The molecule has 0 aliphatic carbocycles. The highest BCUT2D eigenvalue weighted by Gasteiger charge is 2.50. The Kier molecular flexibility index (Phi) is 22.5.